The molecular weight excluding hydrogens is 288 g/mol. The Bertz CT molecular complexity index is 924. The molecule has 0 aliphatic heterocycles. The van der Waals surface area contributed by atoms with Crippen molar-refractivity contribution in [3.63, 3.8) is 0 Å². The minimum absolute atomic E-state index is 0.101. The van der Waals surface area contributed by atoms with Gasteiger partial charge in [-0.2, -0.15) is 0 Å². The standard InChI is InChI=1S/C19H18N2O2/c1-13-7-9-14(10-8-13)11-20-18(22)17-12-21(2)19(23)16-6-4-3-5-15(16)17/h3-10,12H,11H2,1-2H3,(H,20,22). The molecule has 0 saturated heterocycles. The molecule has 23 heavy (non-hydrogen) atoms. The summed E-state index contributed by atoms with van der Waals surface area (Å²) in [6, 6.07) is 15.2. The van der Waals surface area contributed by atoms with Crippen LogP contribution in [-0.2, 0) is 13.6 Å². The number of rotatable bonds is 3. The summed E-state index contributed by atoms with van der Waals surface area (Å²) in [5.41, 5.74) is 2.63. The van der Waals surface area contributed by atoms with E-state index in [0.717, 1.165) is 5.56 Å². The van der Waals surface area contributed by atoms with Gasteiger partial charge < -0.3 is 9.88 Å². The third kappa shape index (κ3) is 3.01. The van der Waals surface area contributed by atoms with Gasteiger partial charge in [0.05, 0.1) is 5.56 Å². The van der Waals surface area contributed by atoms with Crippen molar-refractivity contribution in [2.24, 2.45) is 7.05 Å². The topological polar surface area (TPSA) is 51.1 Å². The monoisotopic (exact) mass is 306 g/mol. The number of nitrogens with zero attached hydrogens (tertiary/aromatic N) is 1. The quantitative estimate of drug-likeness (QED) is 0.809. The van der Waals surface area contributed by atoms with Crippen molar-refractivity contribution in [2.75, 3.05) is 0 Å². The van der Waals surface area contributed by atoms with E-state index in [2.05, 4.69) is 5.32 Å². The van der Waals surface area contributed by atoms with Crippen LogP contribution in [0, 0.1) is 6.92 Å². The number of hydrogen-bond acceptors (Lipinski definition) is 2. The molecule has 0 aliphatic carbocycles. The van der Waals surface area contributed by atoms with Gasteiger partial charge in [0.1, 0.15) is 0 Å². The molecule has 1 N–H and O–H groups in total. The zero-order valence-corrected chi connectivity index (χ0v) is 13.2. The Morgan fingerprint density at radius 2 is 1.70 bits per heavy atom. The summed E-state index contributed by atoms with van der Waals surface area (Å²) in [4.78, 5) is 24.7. The van der Waals surface area contributed by atoms with Crippen molar-refractivity contribution in [3.05, 3.63) is 81.8 Å². The highest BCUT2D eigenvalue weighted by atomic mass is 16.2. The van der Waals surface area contributed by atoms with Gasteiger partial charge in [0.15, 0.2) is 0 Å². The third-order valence-corrected chi connectivity index (χ3v) is 3.91. The van der Waals surface area contributed by atoms with E-state index in [1.807, 2.05) is 37.3 Å². The van der Waals surface area contributed by atoms with Crippen molar-refractivity contribution in [3.8, 4) is 0 Å². The van der Waals surface area contributed by atoms with Crippen LogP contribution in [0.5, 0.6) is 0 Å². The van der Waals surface area contributed by atoms with Crippen LogP contribution in [0.2, 0.25) is 0 Å². The lowest BCUT2D eigenvalue weighted by atomic mass is 10.1. The molecule has 3 aromatic rings. The summed E-state index contributed by atoms with van der Waals surface area (Å²) in [7, 11) is 1.66. The molecule has 0 aliphatic rings. The van der Waals surface area contributed by atoms with Crippen LogP contribution in [0.25, 0.3) is 10.8 Å². The van der Waals surface area contributed by atoms with E-state index in [9.17, 15) is 9.59 Å². The number of carbonyl (C=O) groups excluding carboxylic acids is 1. The second kappa shape index (κ2) is 6.08. The maximum Gasteiger partial charge on any atom is 0.258 e. The van der Waals surface area contributed by atoms with Crippen LogP contribution in [0.1, 0.15) is 21.5 Å². The smallest absolute Gasteiger partial charge is 0.258 e. The summed E-state index contributed by atoms with van der Waals surface area (Å²) in [5, 5.41) is 4.15. The summed E-state index contributed by atoms with van der Waals surface area (Å²) in [6.45, 7) is 2.48. The number of benzene rings is 2. The number of fused-ring (bicyclic) bond motifs is 1. The molecule has 1 aromatic heterocycles. The number of aromatic nitrogens is 1. The number of pyridine rings is 1. The van der Waals surface area contributed by atoms with E-state index in [-0.39, 0.29) is 11.5 Å². The number of amides is 1. The van der Waals surface area contributed by atoms with Gasteiger partial charge in [-0.25, -0.2) is 0 Å². The van der Waals surface area contributed by atoms with Gasteiger partial charge in [-0.05, 0) is 18.6 Å². The van der Waals surface area contributed by atoms with Gasteiger partial charge in [-0.3, -0.25) is 9.59 Å². The molecular formula is C19H18N2O2. The average molecular weight is 306 g/mol. The zero-order chi connectivity index (χ0) is 16.4. The second-order valence-corrected chi connectivity index (χ2v) is 5.67. The highest BCUT2D eigenvalue weighted by molar-refractivity contribution is 6.06. The normalized spacial score (nSPS) is 10.7. The van der Waals surface area contributed by atoms with E-state index >= 15 is 0 Å². The third-order valence-electron chi connectivity index (χ3n) is 3.91. The van der Waals surface area contributed by atoms with E-state index in [1.165, 1.54) is 10.1 Å². The van der Waals surface area contributed by atoms with Crippen LogP contribution < -0.4 is 10.9 Å². The first-order chi connectivity index (χ1) is 11.1. The molecule has 0 fully saturated rings. The van der Waals surface area contributed by atoms with E-state index in [1.54, 1.807) is 31.4 Å². The van der Waals surface area contributed by atoms with Crippen molar-refractivity contribution in [2.45, 2.75) is 13.5 Å². The molecule has 0 bridgehead atoms. The number of carbonyl (C=O) groups is 1. The first-order valence-corrected chi connectivity index (χ1v) is 7.48. The molecule has 0 saturated carbocycles. The molecule has 4 nitrogen and oxygen atoms in total. The van der Waals surface area contributed by atoms with Crippen LogP contribution in [-0.4, -0.2) is 10.5 Å². The summed E-state index contributed by atoms with van der Waals surface area (Å²) in [6.07, 6.45) is 1.59. The Morgan fingerprint density at radius 3 is 2.39 bits per heavy atom. The van der Waals surface area contributed by atoms with Gasteiger partial charge in [0.2, 0.25) is 0 Å². The highest BCUT2D eigenvalue weighted by Gasteiger charge is 2.13. The SMILES string of the molecule is Cc1ccc(CNC(=O)c2cn(C)c(=O)c3ccccc23)cc1. The molecule has 4 heteroatoms. The number of nitrogens with one attached hydrogen (secondary N) is 1. The van der Waals surface area contributed by atoms with Gasteiger partial charge in [0, 0.05) is 30.6 Å². The Labute approximate surface area is 134 Å². The fourth-order valence-electron chi connectivity index (χ4n) is 2.58. The second-order valence-electron chi connectivity index (χ2n) is 5.67. The van der Waals surface area contributed by atoms with Crippen molar-refractivity contribution < 1.29 is 4.79 Å². The minimum atomic E-state index is -0.183. The average Bonchev–Trinajstić information content (AvgIpc) is 2.57. The minimum Gasteiger partial charge on any atom is -0.348 e. The largest absolute Gasteiger partial charge is 0.348 e. The van der Waals surface area contributed by atoms with Gasteiger partial charge in [-0.1, -0.05) is 48.0 Å². The van der Waals surface area contributed by atoms with Crippen molar-refractivity contribution in [1.29, 1.82) is 0 Å². The van der Waals surface area contributed by atoms with Crippen molar-refractivity contribution in [1.82, 2.24) is 9.88 Å². The van der Waals surface area contributed by atoms with Gasteiger partial charge in [0.25, 0.3) is 11.5 Å². The molecule has 0 spiro atoms. The maximum atomic E-state index is 12.5. The van der Waals surface area contributed by atoms with E-state index < -0.39 is 0 Å². The Hall–Kier alpha value is -2.88. The molecule has 0 radical (unpaired) electrons. The molecule has 116 valence electrons. The molecule has 0 atom stereocenters. The summed E-state index contributed by atoms with van der Waals surface area (Å²) in [5.74, 6) is -0.183. The lowest BCUT2D eigenvalue weighted by molar-refractivity contribution is 0.0952. The number of aryl methyl sites for hydroxylation is 2. The maximum absolute atomic E-state index is 12.5. The lowest BCUT2D eigenvalue weighted by Crippen LogP contribution is -2.26. The fraction of sp³-hybridized carbons (Fsp3) is 0.158. The summed E-state index contributed by atoms with van der Waals surface area (Å²) < 4.78 is 1.45. The van der Waals surface area contributed by atoms with Gasteiger partial charge >= 0.3 is 0 Å². The van der Waals surface area contributed by atoms with Crippen LogP contribution in [0.15, 0.2) is 59.5 Å². The van der Waals surface area contributed by atoms with Crippen LogP contribution >= 0.6 is 0 Å². The fourth-order valence-corrected chi connectivity index (χ4v) is 2.58. The molecule has 2 aromatic carbocycles. The Morgan fingerprint density at radius 1 is 1.04 bits per heavy atom. The Balaban J connectivity index is 1.90. The number of hydrogen-bond donors (Lipinski definition) is 1. The predicted octanol–water partition coefficient (Wildman–Crippen LogP) is 2.78. The van der Waals surface area contributed by atoms with Crippen molar-refractivity contribution >= 4 is 16.7 Å². The molecule has 1 heterocycles. The molecule has 1 amide bonds. The van der Waals surface area contributed by atoms with Crippen LogP contribution in [0.3, 0.4) is 0 Å². The highest BCUT2D eigenvalue weighted by Crippen LogP contribution is 2.15. The first-order valence-electron chi connectivity index (χ1n) is 7.48. The first kappa shape index (κ1) is 15.0. The van der Waals surface area contributed by atoms with Gasteiger partial charge in [-0.15, -0.1) is 0 Å². The van der Waals surface area contributed by atoms with E-state index in [0.29, 0.717) is 22.9 Å². The zero-order valence-electron chi connectivity index (χ0n) is 13.2. The molecule has 0 unspecified atom stereocenters. The van der Waals surface area contributed by atoms with Crippen LogP contribution in [0.4, 0.5) is 0 Å². The Kier molecular flexibility index (Phi) is 3.98. The molecule has 3 rings (SSSR count). The lowest BCUT2D eigenvalue weighted by Gasteiger charge is -2.10. The summed E-state index contributed by atoms with van der Waals surface area (Å²) >= 11 is 0. The predicted molar refractivity (Wildman–Crippen MR) is 91.5 cm³/mol. The van der Waals surface area contributed by atoms with E-state index in [4.69, 9.17) is 0 Å².